The Labute approximate surface area is 120 Å². The van der Waals surface area contributed by atoms with Gasteiger partial charge in [-0.2, -0.15) is 0 Å². The van der Waals surface area contributed by atoms with Crippen LogP contribution in [-0.2, 0) is 11.2 Å². The van der Waals surface area contributed by atoms with Gasteiger partial charge in [-0.1, -0.05) is 26.0 Å². The molecule has 0 saturated carbocycles. The summed E-state index contributed by atoms with van der Waals surface area (Å²) in [5.74, 6) is 1.24. The van der Waals surface area contributed by atoms with Gasteiger partial charge in [0.15, 0.2) is 0 Å². The molecule has 106 valence electrons. The van der Waals surface area contributed by atoms with E-state index in [9.17, 15) is 4.79 Å². The quantitative estimate of drug-likeness (QED) is 0.781. The molecule has 3 nitrogen and oxygen atoms in total. The Morgan fingerprint density at radius 2 is 1.84 bits per heavy atom. The summed E-state index contributed by atoms with van der Waals surface area (Å²) in [7, 11) is 1.62. The average Bonchev–Trinajstić information content (AvgIpc) is 2.46. The van der Waals surface area contributed by atoms with Gasteiger partial charge in [0.1, 0.15) is 5.75 Å². The van der Waals surface area contributed by atoms with Crippen LogP contribution in [0.25, 0.3) is 0 Å². The normalized spacial score (nSPS) is 11.2. The van der Waals surface area contributed by atoms with Crippen molar-refractivity contribution in [3.05, 3.63) is 29.8 Å². The highest BCUT2D eigenvalue weighted by Crippen LogP contribution is 2.18. The number of hydrogen-bond donors (Lipinski definition) is 1. The zero-order valence-electron chi connectivity index (χ0n) is 11.8. The Bertz CT molecular complexity index is 391. The van der Waals surface area contributed by atoms with Crippen LogP contribution in [0.1, 0.15) is 32.3 Å². The van der Waals surface area contributed by atoms with Crippen molar-refractivity contribution in [2.45, 2.75) is 38.6 Å². The summed E-state index contributed by atoms with van der Waals surface area (Å²) in [5, 5.41) is 3.05. The minimum atomic E-state index is -0.287. The van der Waals surface area contributed by atoms with Crippen LogP contribution in [0.3, 0.4) is 0 Å². The van der Waals surface area contributed by atoms with Gasteiger partial charge in [0, 0.05) is 5.88 Å². The number of benzene rings is 1. The maximum absolute atomic E-state index is 12.1. The van der Waals surface area contributed by atoms with Crippen LogP contribution in [0.15, 0.2) is 24.3 Å². The van der Waals surface area contributed by atoms with Gasteiger partial charge >= 0.3 is 0 Å². The second-order valence-electron chi connectivity index (χ2n) is 4.69. The molecule has 0 aliphatic carbocycles. The molecule has 0 bridgehead atoms. The molecule has 1 amide bonds. The molecule has 0 unspecified atom stereocenters. The third-order valence-electron chi connectivity index (χ3n) is 3.54. The van der Waals surface area contributed by atoms with Gasteiger partial charge in [-0.3, -0.25) is 4.79 Å². The lowest BCUT2D eigenvalue weighted by Crippen LogP contribution is -2.49. The standard InChI is InChI=1S/C15H22ClNO2/c1-4-15(5-2,11-16)17-14(18)10-12-6-8-13(19-3)9-7-12/h6-9H,4-5,10-11H2,1-3H3,(H,17,18). The minimum Gasteiger partial charge on any atom is -0.497 e. The summed E-state index contributed by atoms with van der Waals surface area (Å²) in [6.07, 6.45) is 2.03. The Morgan fingerprint density at radius 1 is 1.26 bits per heavy atom. The molecule has 1 aromatic carbocycles. The van der Waals surface area contributed by atoms with E-state index < -0.39 is 0 Å². The number of carbonyl (C=O) groups is 1. The summed E-state index contributed by atoms with van der Waals surface area (Å²) in [6, 6.07) is 7.52. The van der Waals surface area contributed by atoms with Gasteiger partial charge in [0.05, 0.1) is 19.1 Å². The monoisotopic (exact) mass is 283 g/mol. The zero-order valence-corrected chi connectivity index (χ0v) is 12.6. The van der Waals surface area contributed by atoms with Crippen molar-refractivity contribution in [3.8, 4) is 5.75 Å². The number of amides is 1. The third kappa shape index (κ3) is 4.43. The van der Waals surface area contributed by atoms with Crippen LogP contribution in [0.4, 0.5) is 0 Å². The number of hydrogen-bond acceptors (Lipinski definition) is 2. The molecule has 1 aromatic rings. The fourth-order valence-corrected chi connectivity index (χ4v) is 2.36. The fourth-order valence-electron chi connectivity index (χ4n) is 1.92. The van der Waals surface area contributed by atoms with Crippen molar-refractivity contribution in [2.24, 2.45) is 0 Å². The van der Waals surface area contributed by atoms with Crippen LogP contribution in [0.5, 0.6) is 5.75 Å². The molecule has 4 heteroatoms. The number of halogens is 1. The van der Waals surface area contributed by atoms with E-state index >= 15 is 0 Å². The molecule has 1 N–H and O–H groups in total. The van der Waals surface area contributed by atoms with Gasteiger partial charge in [-0.05, 0) is 30.5 Å². The molecular weight excluding hydrogens is 262 g/mol. The van der Waals surface area contributed by atoms with Gasteiger partial charge in [0.25, 0.3) is 0 Å². The predicted octanol–water partition coefficient (Wildman–Crippen LogP) is 3.15. The molecule has 0 fully saturated rings. The first-order valence-electron chi connectivity index (χ1n) is 6.59. The number of methoxy groups -OCH3 is 1. The Hall–Kier alpha value is -1.22. The Kier molecular flexibility index (Phi) is 6.16. The van der Waals surface area contributed by atoms with Gasteiger partial charge in [-0.25, -0.2) is 0 Å². The lowest BCUT2D eigenvalue weighted by Gasteiger charge is -2.30. The van der Waals surface area contributed by atoms with Crippen LogP contribution in [0.2, 0.25) is 0 Å². The largest absolute Gasteiger partial charge is 0.497 e. The number of alkyl halides is 1. The van der Waals surface area contributed by atoms with Crippen molar-refractivity contribution >= 4 is 17.5 Å². The van der Waals surface area contributed by atoms with E-state index in [0.717, 1.165) is 24.2 Å². The third-order valence-corrected chi connectivity index (χ3v) is 4.05. The van der Waals surface area contributed by atoms with E-state index in [1.54, 1.807) is 7.11 Å². The first kappa shape index (κ1) is 15.8. The van der Waals surface area contributed by atoms with Crippen LogP contribution in [-0.4, -0.2) is 24.4 Å². The molecule has 19 heavy (non-hydrogen) atoms. The number of rotatable bonds is 7. The molecule has 0 atom stereocenters. The topological polar surface area (TPSA) is 38.3 Å². The molecule has 0 aliphatic heterocycles. The summed E-state index contributed by atoms with van der Waals surface area (Å²) in [4.78, 5) is 12.1. The molecular formula is C15H22ClNO2. The van der Waals surface area contributed by atoms with E-state index in [0.29, 0.717) is 12.3 Å². The summed E-state index contributed by atoms with van der Waals surface area (Å²) >= 11 is 5.98. The molecule has 0 spiro atoms. The van der Waals surface area contributed by atoms with E-state index in [2.05, 4.69) is 5.32 Å². The molecule has 0 aromatic heterocycles. The van der Waals surface area contributed by atoms with Crippen LogP contribution in [0, 0.1) is 0 Å². The zero-order chi connectivity index (χ0) is 14.3. The maximum atomic E-state index is 12.1. The molecule has 0 radical (unpaired) electrons. The number of carbonyl (C=O) groups excluding carboxylic acids is 1. The second kappa shape index (κ2) is 7.39. The lowest BCUT2D eigenvalue weighted by molar-refractivity contribution is -0.122. The average molecular weight is 284 g/mol. The summed E-state index contributed by atoms with van der Waals surface area (Å²) in [6.45, 7) is 4.08. The van der Waals surface area contributed by atoms with Gasteiger partial charge in [-0.15, -0.1) is 11.6 Å². The summed E-state index contributed by atoms with van der Waals surface area (Å²) in [5.41, 5.74) is 0.680. The SMILES string of the molecule is CCC(CC)(CCl)NC(=O)Cc1ccc(OC)cc1. The minimum absolute atomic E-state index is 0.00881. The number of nitrogens with one attached hydrogen (secondary N) is 1. The van der Waals surface area contributed by atoms with Crippen molar-refractivity contribution < 1.29 is 9.53 Å². The van der Waals surface area contributed by atoms with Crippen LogP contribution < -0.4 is 10.1 Å². The van der Waals surface area contributed by atoms with Gasteiger partial charge < -0.3 is 10.1 Å². The second-order valence-corrected chi connectivity index (χ2v) is 4.96. The number of ether oxygens (including phenoxy) is 1. The highest BCUT2D eigenvalue weighted by molar-refractivity contribution is 6.18. The van der Waals surface area contributed by atoms with E-state index in [4.69, 9.17) is 16.3 Å². The molecule has 1 rings (SSSR count). The lowest BCUT2D eigenvalue weighted by atomic mass is 9.95. The summed E-state index contributed by atoms with van der Waals surface area (Å²) < 4.78 is 5.09. The smallest absolute Gasteiger partial charge is 0.224 e. The van der Waals surface area contributed by atoms with Crippen molar-refractivity contribution in [3.63, 3.8) is 0 Å². The van der Waals surface area contributed by atoms with Crippen LogP contribution >= 0.6 is 11.6 Å². The highest BCUT2D eigenvalue weighted by Gasteiger charge is 2.26. The predicted molar refractivity (Wildman–Crippen MR) is 78.9 cm³/mol. The van der Waals surface area contributed by atoms with E-state index in [1.165, 1.54) is 0 Å². The first-order valence-corrected chi connectivity index (χ1v) is 7.12. The maximum Gasteiger partial charge on any atom is 0.224 e. The highest BCUT2D eigenvalue weighted by atomic mass is 35.5. The van der Waals surface area contributed by atoms with E-state index in [-0.39, 0.29) is 11.4 Å². The molecule has 0 aliphatic rings. The Balaban J connectivity index is 2.63. The first-order chi connectivity index (χ1) is 9.09. The fraction of sp³-hybridized carbons (Fsp3) is 0.533. The van der Waals surface area contributed by atoms with E-state index in [1.807, 2.05) is 38.1 Å². The van der Waals surface area contributed by atoms with Crippen molar-refractivity contribution in [1.29, 1.82) is 0 Å². The van der Waals surface area contributed by atoms with Gasteiger partial charge in [0.2, 0.25) is 5.91 Å². The molecule has 0 saturated heterocycles. The van der Waals surface area contributed by atoms with Crippen molar-refractivity contribution in [1.82, 2.24) is 5.32 Å². The molecule has 0 heterocycles. The van der Waals surface area contributed by atoms with Crippen molar-refractivity contribution in [2.75, 3.05) is 13.0 Å². The Morgan fingerprint density at radius 3 is 2.26 bits per heavy atom.